The highest BCUT2D eigenvalue weighted by molar-refractivity contribution is 7.90. The summed E-state index contributed by atoms with van der Waals surface area (Å²) in [5, 5.41) is 0. The number of benzene rings is 1. The third kappa shape index (κ3) is 1.82. The monoisotopic (exact) mass is 214 g/mol. The Balaban J connectivity index is 3.55. The van der Waals surface area contributed by atoms with Crippen LogP contribution in [0, 0.1) is 0 Å². The van der Waals surface area contributed by atoms with Gasteiger partial charge in [0.1, 0.15) is 0 Å². The van der Waals surface area contributed by atoms with Crippen LogP contribution in [0.4, 0.5) is 11.4 Å². The van der Waals surface area contributed by atoms with Crippen molar-refractivity contribution in [3.05, 3.63) is 17.7 Å². The van der Waals surface area contributed by atoms with E-state index < -0.39 is 9.84 Å². The first-order valence-corrected chi connectivity index (χ1v) is 6.14. The quantitative estimate of drug-likeness (QED) is 0.713. The second-order valence-corrected chi connectivity index (χ2v) is 5.16. The van der Waals surface area contributed by atoms with E-state index in [9.17, 15) is 8.42 Å². The Labute approximate surface area is 83.8 Å². The van der Waals surface area contributed by atoms with Gasteiger partial charge in [0.25, 0.3) is 0 Å². The topological polar surface area (TPSA) is 86.2 Å². The molecule has 0 radical (unpaired) electrons. The Hall–Kier alpha value is -1.23. The SMILES string of the molecule is CCc1c(S(C)(=O)=O)ccc(N)c1N. The lowest BCUT2D eigenvalue weighted by Crippen LogP contribution is -2.07. The fraction of sp³-hybridized carbons (Fsp3) is 0.333. The Morgan fingerprint density at radius 1 is 1.29 bits per heavy atom. The number of hydrogen-bond donors (Lipinski definition) is 2. The summed E-state index contributed by atoms with van der Waals surface area (Å²) < 4.78 is 22.8. The maximum atomic E-state index is 11.4. The molecule has 1 rings (SSSR count). The molecule has 0 atom stereocenters. The molecule has 0 heterocycles. The summed E-state index contributed by atoms with van der Waals surface area (Å²) in [6, 6.07) is 3.02. The molecule has 0 unspecified atom stereocenters. The van der Waals surface area contributed by atoms with Gasteiger partial charge in [-0.1, -0.05) is 6.92 Å². The Bertz CT molecular complexity index is 452. The third-order valence-electron chi connectivity index (χ3n) is 2.10. The minimum atomic E-state index is -3.22. The van der Waals surface area contributed by atoms with Crippen molar-refractivity contribution < 1.29 is 8.42 Å². The van der Waals surface area contributed by atoms with Crippen molar-refractivity contribution in [3.63, 3.8) is 0 Å². The molecule has 78 valence electrons. The largest absolute Gasteiger partial charge is 0.397 e. The van der Waals surface area contributed by atoms with Gasteiger partial charge in [-0.15, -0.1) is 0 Å². The number of anilines is 2. The van der Waals surface area contributed by atoms with Gasteiger partial charge in [-0.05, 0) is 24.1 Å². The minimum absolute atomic E-state index is 0.270. The van der Waals surface area contributed by atoms with Crippen molar-refractivity contribution in [2.75, 3.05) is 17.7 Å². The van der Waals surface area contributed by atoms with Gasteiger partial charge in [-0.25, -0.2) is 8.42 Å². The van der Waals surface area contributed by atoms with Crippen LogP contribution in [0.1, 0.15) is 12.5 Å². The lowest BCUT2D eigenvalue weighted by molar-refractivity contribution is 0.601. The van der Waals surface area contributed by atoms with E-state index in [1.54, 1.807) is 0 Å². The van der Waals surface area contributed by atoms with Gasteiger partial charge in [-0.3, -0.25) is 0 Å². The van der Waals surface area contributed by atoms with E-state index in [4.69, 9.17) is 11.5 Å². The van der Waals surface area contributed by atoms with Crippen molar-refractivity contribution >= 4 is 21.2 Å². The molecule has 4 N–H and O–H groups in total. The molecule has 0 fully saturated rings. The van der Waals surface area contributed by atoms with E-state index in [-0.39, 0.29) is 4.90 Å². The van der Waals surface area contributed by atoms with Crippen molar-refractivity contribution in [3.8, 4) is 0 Å². The maximum absolute atomic E-state index is 11.4. The van der Waals surface area contributed by atoms with E-state index in [1.165, 1.54) is 12.1 Å². The van der Waals surface area contributed by atoms with E-state index in [0.717, 1.165) is 6.26 Å². The average molecular weight is 214 g/mol. The summed E-state index contributed by atoms with van der Waals surface area (Å²) in [6.45, 7) is 1.85. The number of rotatable bonds is 2. The number of nitrogen functional groups attached to an aromatic ring is 2. The molecule has 0 amide bonds. The Morgan fingerprint density at radius 3 is 2.29 bits per heavy atom. The molecule has 14 heavy (non-hydrogen) atoms. The third-order valence-corrected chi connectivity index (χ3v) is 3.28. The fourth-order valence-electron chi connectivity index (χ4n) is 1.37. The van der Waals surface area contributed by atoms with Gasteiger partial charge in [0, 0.05) is 6.26 Å². The van der Waals surface area contributed by atoms with Gasteiger partial charge < -0.3 is 11.5 Å². The molecule has 0 saturated carbocycles. The van der Waals surface area contributed by atoms with Crippen LogP contribution in [0.5, 0.6) is 0 Å². The van der Waals surface area contributed by atoms with E-state index in [1.807, 2.05) is 6.92 Å². The molecule has 0 saturated heterocycles. The predicted octanol–water partition coefficient (Wildman–Crippen LogP) is 0.817. The molecular weight excluding hydrogens is 200 g/mol. The Morgan fingerprint density at radius 2 is 1.86 bits per heavy atom. The van der Waals surface area contributed by atoms with Gasteiger partial charge >= 0.3 is 0 Å². The van der Waals surface area contributed by atoms with E-state index >= 15 is 0 Å². The molecule has 1 aromatic rings. The summed E-state index contributed by atoms with van der Waals surface area (Å²) in [5.41, 5.74) is 12.7. The molecule has 5 heteroatoms. The summed E-state index contributed by atoms with van der Waals surface area (Å²) >= 11 is 0. The molecular formula is C9H14N2O2S. The van der Waals surface area contributed by atoms with Crippen molar-refractivity contribution in [2.45, 2.75) is 18.2 Å². The Kier molecular flexibility index (Phi) is 2.71. The lowest BCUT2D eigenvalue weighted by atomic mass is 10.1. The van der Waals surface area contributed by atoms with Crippen molar-refractivity contribution in [1.29, 1.82) is 0 Å². The lowest BCUT2D eigenvalue weighted by Gasteiger charge is -2.10. The second-order valence-electron chi connectivity index (χ2n) is 3.17. The summed E-state index contributed by atoms with van der Waals surface area (Å²) in [5.74, 6) is 0. The molecule has 0 spiro atoms. The second kappa shape index (κ2) is 3.49. The van der Waals surface area contributed by atoms with Crippen molar-refractivity contribution in [1.82, 2.24) is 0 Å². The van der Waals surface area contributed by atoms with Crippen LogP contribution in [0.3, 0.4) is 0 Å². The zero-order valence-corrected chi connectivity index (χ0v) is 9.06. The van der Waals surface area contributed by atoms with Crippen LogP contribution in [-0.2, 0) is 16.3 Å². The number of hydrogen-bond acceptors (Lipinski definition) is 4. The first-order valence-electron chi connectivity index (χ1n) is 4.24. The highest BCUT2D eigenvalue weighted by Gasteiger charge is 2.15. The molecule has 0 aliphatic rings. The first-order chi connectivity index (χ1) is 6.38. The average Bonchev–Trinajstić information content (AvgIpc) is 2.07. The fourth-order valence-corrected chi connectivity index (χ4v) is 2.39. The first kappa shape index (κ1) is 10.8. The summed E-state index contributed by atoms with van der Waals surface area (Å²) in [6.07, 6.45) is 1.72. The highest BCUT2D eigenvalue weighted by Crippen LogP contribution is 2.27. The number of nitrogens with two attached hydrogens (primary N) is 2. The smallest absolute Gasteiger partial charge is 0.175 e. The van der Waals surface area contributed by atoms with Crippen LogP contribution < -0.4 is 11.5 Å². The molecule has 1 aromatic carbocycles. The van der Waals surface area contributed by atoms with Gasteiger partial charge in [0.05, 0.1) is 16.3 Å². The van der Waals surface area contributed by atoms with Crippen LogP contribution in [0.2, 0.25) is 0 Å². The molecule has 0 aromatic heterocycles. The molecule has 0 aliphatic carbocycles. The van der Waals surface area contributed by atoms with Crippen LogP contribution in [0.15, 0.2) is 17.0 Å². The van der Waals surface area contributed by atoms with Gasteiger partial charge in [-0.2, -0.15) is 0 Å². The van der Waals surface area contributed by atoms with Crippen molar-refractivity contribution in [2.24, 2.45) is 0 Å². The zero-order valence-electron chi connectivity index (χ0n) is 8.24. The zero-order chi connectivity index (χ0) is 10.9. The molecule has 0 aliphatic heterocycles. The minimum Gasteiger partial charge on any atom is -0.397 e. The van der Waals surface area contributed by atoms with Gasteiger partial charge in [0.15, 0.2) is 9.84 Å². The summed E-state index contributed by atoms with van der Waals surface area (Å²) in [4.78, 5) is 0.270. The van der Waals surface area contributed by atoms with Crippen LogP contribution >= 0.6 is 0 Å². The predicted molar refractivity (Wildman–Crippen MR) is 57.8 cm³/mol. The maximum Gasteiger partial charge on any atom is 0.175 e. The van der Waals surface area contributed by atoms with E-state index in [2.05, 4.69) is 0 Å². The number of sulfone groups is 1. The normalized spacial score (nSPS) is 11.6. The highest BCUT2D eigenvalue weighted by atomic mass is 32.2. The molecule has 0 bridgehead atoms. The standard InChI is InChI=1S/C9H14N2O2S/c1-3-6-8(14(2,12)13)5-4-7(10)9(6)11/h4-5H,3,10-11H2,1-2H3. The van der Waals surface area contributed by atoms with Crippen LogP contribution in [0.25, 0.3) is 0 Å². The van der Waals surface area contributed by atoms with Crippen LogP contribution in [-0.4, -0.2) is 14.7 Å². The van der Waals surface area contributed by atoms with Gasteiger partial charge in [0.2, 0.25) is 0 Å². The molecule has 4 nitrogen and oxygen atoms in total. The van der Waals surface area contributed by atoms with E-state index in [0.29, 0.717) is 23.4 Å². The summed E-state index contributed by atoms with van der Waals surface area (Å²) in [7, 11) is -3.22.